The molecule has 4 nitrogen and oxygen atoms in total. The zero-order valence-electron chi connectivity index (χ0n) is 11.5. The number of esters is 2. The van der Waals surface area contributed by atoms with Gasteiger partial charge in [-0.1, -0.05) is 6.42 Å². The summed E-state index contributed by atoms with van der Waals surface area (Å²) in [6, 6.07) is 1.23. The largest absolute Gasteiger partial charge is 0.422 e. The number of carbonyl (C=O) groups is 2. The molecular formula is C15H13F3O4. The third-order valence-electron chi connectivity index (χ3n) is 4.03. The molecule has 22 heavy (non-hydrogen) atoms. The lowest BCUT2D eigenvalue weighted by molar-refractivity contribution is -0.256. The zero-order chi connectivity index (χ0) is 15.9. The van der Waals surface area contributed by atoms with Crippen LogP contribution in [-0.2, 0) is 19.1 Å². The molecule has 3 rings (SSSR count). The van der Waals surface area contributed by atoms with E-state index in [9.17, 15) is 22.8 Å². The highest BCUT2D eigenvalue weighted by atomic mass is 19.2. The van der Waals surface area contributed by atoms with Gasteiger partial charge in [-0.3, -0.25) is 9.59 Å². The first-order valence-corrected chi connectivity index (χ1v) is 7.03. The van der Waals surface area contributed by atoms with Gasteiger partial charge in [-0.2, -0.15) is 0 Å². The molecule has 1 heterocycles. The maximum absolute atomic E-state index is 13.8. The van der Waals surface area contributed by atoms with Crippen molar-refractivity contribution in [2.75, 3.05) is 0 Å². The van der Waals surface area contributed by atoms with Gasteiger partial charge in [0, 0.05) is 12.8 Å². The molecule has 0 atom stereocenters. The summed E-state index contributed by atoms with van der Waals surface area (Å²) in [5.41, 5.74) is -0.972. The predicted octanol–water partition coefficient (Wildman–Crippen LogP) is 2.95. The molecule has 1 saturated carbocycles. The van der Waals surface area contributed by atoms with E-state index in [-0.39, 0.29) is 0 Å². The minimum Gasteiger partial charge on any atom is -0.422 e. The second-order valence-electron chi connectivity index (χ2n) is 5.50. The second-order valence-corrected chi connectivity index (χ2v) is 5.50. The van der Waals surface area contributed by atoms with Crippen LogP contribution in [-0.4, -0.2) is 17.7 Å². The molecule has 0 unspecified atom stereocenters. The maximum atomic E-state index is 13.8. The first-order chi connectivity index (χ1) is 10.4. The average Bonchev–Trinajstić information content (AvgIpc) is 2.47. The van der Waals surface area contributed by atoms with Crippen molar-refractivity contribution in [3.05, 3.63) is 35.1 Å². The summed E-state index contributed by atoms with van der Waals surface area (Å²) in [7, 11) is 0. The fourth-order valence-electron chi connectivity index (χ4n) is 2.94. The molecule has 0 amide bonds. The van der Waals surface area contributed by atoms with Gasteiger partial charge in [0.1, 0.15) is 5.82 Å². The van der Waals surface area contributed by atoms with Crippen molar-refractivity contribution in [1.82, 2.24) is 0 Å². The van der Waals surface area contributed by atoms with Gasteiger partial charge in [-0.15, -0.1) is 0 Å². The summed E-state index contributed by atoms with van der Waals surface area (Å²) in [4.78, 5) is 24.2. The van der Waals surface area contributed by atoms with Gasteiger partial charge in [0.2, 0.25) is 0 Å². The maximum Gasteiger partial charge on any atom is 0.328 e. The quantitative estimate of drug-likeness (QED) is 0.454. The lowest BCUT2D eigenvalue weighted by atomic mass is 9.91. The van der Waals surface area contributed by atoms with E-state index in [1.54, 1.807) is 0 Å². The van der Waals surface area contributed by atoms with Gasteiger partial charge in [0.05, 0.1) is 5.56 Å². The molecule has 118 valence electrons. The summed E-state index contributed by atoms with van der Waals surface area (Å²) in [5, 5.41) is 0. The van der Waals surface area contributed by atoms with Crippen LogP contribution in [0.2, 0.25) is 0 Å². The lowest BCUT2D eigenvalue weighted by Crippen LogP contribution is -2.50. The number of rotatable bonds is 1. The van der Waals surface area contributed by atoms with Crippen LogP contribution in [0.1, 0.15) is 43.6 Å². The molecule has 2 fully saturated rings. The summed E-state index contributed by atoms with van der Waals surface area (Å²) in [6.45, 7) is 0. The fourth-order valence-corrected chi connectivity index (χ4v) is 2.94. The molecule has 2 aliphatic rings. The van der Waals surface area contributed by atoms with E-state index in [1.165, 1.54) is 0 Å². The fraction of sp³-hybridized carbons (Fsp3) is 0.467. The van der Waals surface area contributed by atoms with Gasteiger partial charge in [-0.05, 0) is 25.0 Å². The van der Waals surface area contributed by atoms with Crippen molar-refractivity contribution >= 4 is 11.9 Å². The third-order valence-corrected chi connectivity index (χ3v) is 4.03. The summed E-state index contributed by atoms with van der Waals surface area (Å²) in [5.74, 6) is -9.64. The number of hydrogen-bond donors (Lipinski definition) is 0. The monoisotopic (exact) mass is 314 g/mol. The van der Waals surface area contributed by atoms with Crippen molar-refractivity contribution in [1.29, 1.82) is 0 Å². The molecule has 0 bridgehead atoms. The van der Waals surface area contributed by atoms with Crippen LogP contribution in [0.5, 0.6) is 0 Å². The van der Waals surface area contributed by atoms with Crippen molar-refractivity contribution in [2.24, 2.45) is 0 Å². The smallest absolute Gasteiger partial charge is 0.328 e. The van der Waals surface area contributed by atoms with Crippen molar-refractivity contribution in [3.63, 3.8) is 0 Å². The van der Waals surface area contributed by atoms with Gasteiger partial charge < -0.3 is 9.47 Å². The van der Waals surface area contributed by atoms with E-state index in [2.05, 4.69) is 0 Å². The normalized spacial score (nSPS) is 21.6. The molecule has 0 N–H and O–H groups in total. The Kier molecular flexibility index (Phi) is 3.58. The highest BCUT2D eigenvalue weighted by Gasteiger charge is 2.51. The number of hydrogen-bond acceptors (Lipinski definition) is 4. The van der Waals surface area contributed by atoms with E-state index in [0.717, 1.165) is 6.42 Å². The Morgan fingerprint density at radius 1 is 0.909 bits per heavy atom. The Morgan fingerprint density at radius 3 is 2.05 bits per heavy atom. The highest BCUT2D eigenvalue weighted by Crippen LogP contribution is 2.40. The van der Waals surface area contributed by atoms with Crippen molar-refractivity contribution in [2.45, 2.75) is 43.8 Å². The molecule has 1 aliphatic heterocycles. The van der Waals surface area contributed by atoms with Crippen LogP contribution in [0.25, 0.3) is 0 Å². The van der Waals surface area contributed by atoms with E-state index in [1.807, 2.05) is 0 Å². The Hall–Kier alpha value is -2.05. The number of benzene rings is 1. The molecule has 0 radical (unpaired) electrons. The molecule has 1 saturated heterocycles. The van der Waals surface area contributed by atoms with Crippen molar-refractivity contribution < 1.29 is 32.2 Å². The second kappa shape index (κ2) is 5.30. The first kappa shape index (κ1) is 14.9. The van der Waals surface area contributed by atoms with Crippen LogP contribution in [0.3, 0.4) is 0 Å². The average molecular weight is 314 g/mol. The van der Waals surface area contributed by atoms with E-state index >= 15 is 0 Å². The number of ether oxygens (including phenoxy) is 2. The summed E-state index contributed by atoms with van der Waals surface area (Å²) in [6.07, 6.45) is 3.06. The van der Waals surface area contributed by atoms with Crippen LogP contribution in [0.15, 0.2) is 12.1 Å². The SMILES string of the molecule is O=C1OC2(CCCCC2)OC(=O)C1c1c(F)ccc(F)c1F. The topological polar surface area (TPSA) is 52.6 Å². The molecule has 1 aliphatic carbocycles. The van der Waals surface area contributed by atoms with Gasteiger partial charge in [-0.25, -0.2) is 13.2 Å². The minimum absolute atomic E-state index is 0.352. The van der Waals surface area contributed by atoms with Crippen LogP contribution in [0.4, 0.5) is 13.2 Å². The predicted molar refractivity (Wildman–Crippen MR) is 67.1 cm³/mol. The molecular weight excluding hydrogens is 301 g/mol. The van der Waals surface area contributed by atoms with E-state index in [0.29, 0.717) is 37.8 Å². The summed E-state index contributed by atoms with van der Waals surface area (Å²) < 4.78 is 51.2. The summed E-state index contributed by atoms with van der Waals surface area (Å²) >= 11 is 0. The molecule has 1 spiro atoms. The zero-order valence-corrected chi connectivity index (χ0v) is 11.5. The van der Waals surface area contributed by atoms with E-state index in [4.69, 9.17) is 9.47 Å². The number of carbonyl (C=O) groups excluding carboxylic acids is 2. The van der Waals surface area contributed by atoms with Crippen LogP contribution in [0, 0.1) is 17.5 Å². The third kappa shape index (κ3) is 2.34. The molecule has 1 aromatic carbocycles. The van der Waals surface area contributed by atoms with Gasteiger partial charge in [0.15, 0.2) is 17.6 Å². The molecule has 7 heteroatoms. The van der Waals surface area contributed by atoms with Gasteiger partial charge in [0.25, 0.3) is 5.79 Å². The number of halogens is 3. The van der Waals surface area contributed by atoms with Gasteiger partial charge >= 0.3 is 11.9 Å². The van der Waals surface area contributed by atoms with Crippen molar-refractivity contribution in [3.8, 4) is 0 Å². The first-order valence-electron chi connectivity index (χ1n) is 7.03. The van der Waals surface area contributed by atoms with E-state index < -0.39 is 46.7 Å². The lowest BCUT2D eigenvalue weighted by Gasteiger charge is -2.40. The Bertz CT molecular complexity index is 618. The Balaban J connectivity index is 1.96. The minimum atomic E-state index is -1.94. The Labute approximate surface area is 124 Å². The van der Waals surface area contributed by atoms with Crippen LogP contribution >= 0.6 is 0 Å². The Morgan fingerprint density at radius 2 is 1.45 bits per heavy atom. The molecule has 0 aromatic heterocycles. The molecule has 1 aromatic rings. The standard InChI is InChI=1S/C15H13F3O4/c16-8-4-5-9(17)12(18)10(8)11-13(19)21-15(22-14(11)20)6-2-1-3-7-15/h4-5,11H,1-3,6-7H2. The highest BCUT2D eigenvalue weighted by molar-refractivity contribution is 6.02. The van der Waals surface area contributed by atoms with Crippen LogP contribution < -0.4 is 0 Å².